The normalized spacial score (nSPS) is 25.8. The van der Waals surface area contributed by atoms with Crippen LogP contribution in [0.4, 0.5) is 0 Å². The second kappa shape index (κ2) is 4.32. The second-order valence-electron chi connectivity index (χ2n) is 5.24. The first-order chi connectivity index (χ1) is 7.74. The molecule has 1 heterocycles. The SMILES string of the molecule is CC(CNC1CCc2sc(Cl)cc21)C1CC1. The van der Waals surface area contributed by atoms with E-state index in [1.54, 1.807) is 11.3 Å². The molecule has 2 atom stereocenters. The van der Waals surface area contributed by atoms with Gasteiger partial charge in [-0.1, -0.05) is 18.5 Å². The van der Waals surface area contributed by atoms with Gasteiger partial charge < -0.3 is 5.32 Å². The van der Waals surface area contributed by atoms with Crippen molar-refractivity contribution in [3.8, 4) is 0 Å². The Morgan fingerprint density at radius 2 is 2.31 bits per heavy atom. The van der Waals surface area contributed by atoms with Crippen LogP contribution in [0, 0.1) is 11.8 Å². The van der Waals surface area contributed by atoms with E-state index in [2.05, 4.69) is 18.3 Å². The van der Waals surface area contributed by atoms with Crippen LogP contribution in [0.2, 0.25) is 4.34 Å². The fraction of sp³-hybridized carbons (Fsp3) is 0.692. The van der Waals surface area contributed by atoms with Gasteiger partial charge in [0, 0.05) is 10.9 Å². The van der Waals surface area contributed by atoms with Crippen molar-refractivity contribution in [2.45, 2.75) is 38.6 Å². The van der Waals surface area contributed by atoms with E-state index in [1.165, 1.54) is 42.7 Å². The molecule has 0 aliphatic heterocycles. The van der Waals surface area contributed by atoms with Crippen molar-refractivity contribution in [1.29, 1.82) is 0 Å². The summed E-state index contributed by atoms with van der Waals surface area (Å²) in [7, 11) is 0. The van der Waals surface area contributed by atoms with Crippen molar-refractivity contribution >= 4 is 22.9 Å². The first-order valence-corrected chi connectivity index (χ1v) is 7.45. The minimum Gasteiger partial charge on any atom is -0.310 e. The molecule has 1 aromatic rings. The van der Waals surface area contributed by atoms with Crippen LogP contribution in [0.25, 0.3) is 0 Å². The largest absolute Gasteiger partial charge is 0.310 e. The van der Waals surface area contributed by atoms with Crippen LogP contribution in [0.5, 0.6) is 0 Å². The quantitative estimate of drug-likeness (QED) is 0.857. The number of rotatable bonds is 4. The lowest BCUT2D eigenvalue weighted by molar-refractivity contribution is 0.418. The number of aryl methyl sites for hydroxylation is 1. The molecule has 1 aromatic heterocycles. The maximum atomic E-state index is 6.06. The van der Waals surface area contributed by atoms with Gasteiger partial charge in [-0.15, -0.1) is 11.3 Å². The van der Waals surface area contributed by atoms with Crippen LogP contribution >= 0.6 is 22.9 Å². The Morgan fingerprint density at radius 1 is 1.50 bits per heavy atom. The standard InChI is InChI=1S/C13H18ClNS/c1-8(9-2-3-9)7-15-11-4-5-12-10(11)6-13(14)16-12/h6,8-9,11,15H,2-5,7H2,1H3. The highest BCUT2D eigenvalue weighted by Crippen LogP contribution is 2.40. The zero-order valence-electron chi connectivity index (χ0n) is 9.63. The third-order valence-corrected chi connectivity index (χ3v) is 5.30. The first kappa shape index (κ1) is 11.1. The van der Waals surface area contributed by atoms with Crippen molar-refractivity contribution in [1.82, 2.24) is 5.32 Å². The number of nitrogens with one attached hydrogen (secondary N) is 1. The summed E-state index contributed by atoms with van der Waals surface area (Å²) < 4.78 is 0.951. The molecule has 2 unspecified atom stereocenters. The van der Waals surface area contributed by atoms with Gasteiger partial charge in [-0.05, 0) is 55.7 Å². The average molecular weight is 256 g/mol. The molecule has 88 valence electrons. The van der Waals surface area contributed by atoms with E-state index in [1.807, 2.05) is 0 Å². The van der Waals surface area contributed by atoms with Crippen LogP contribution in [-0.2, 0) is 6.42 Å². The molecule has 1 fully saturated rings. The number of thiophene rings is 1. The molecule has 2 aliphatic carbocycles. The highest BCUT2D eigenvalue weighted by molar-refractivity contribution is 7.16. The topological polar surface area (TPSA) is 12.0 Å². The van der Waals surface area contributed by atoms with Gasteiger partial charge in [0.25, 0.3) is 0 Å². The molecule has 1 nitrogen and oxygen atoms in total. The minimum absolute atomic E-state index is 0.569. The summed E-state index contributed by atoms with van der Waals surface area (Å²) in [6.45, 7) is 3.55. The molecular weight excluding hydrogens is 238 g/mol. The Balaban J connectivity index is 1.59. The van der Waals surface area contributed by atoms with Gasteiger partial charge in [-0.2, -0.15) is 0 Å². The number of hydrogen-bond acceptors (Lipinski definition) is 2. The maximum Gasteiger partial charge on any atom is 0.0934 e. The fourth-order valence-corrected chi connectivity index (χ4v) is 4.06. The molecule has 16 heavy (non-hydrogen) atoms. The monoisotopic (exact) mass is 255 g/mol. The Hall–Kier alpha value is -0.0500. The predicted molar refractivity (Wildman–Crippen MR) is 70.3 cm³/mol. The zero-order valence-corrected chi connectivity index (χ0v) is 11.2. The third kappa shape index (κ3) is 2.15. The lowest BCUT2D eigenvalue weighted by Gasteiger charge is -2.17. The molecule has 0 aromatic carbocycles. The van der Waals surface area contributed by atoms with Gasteiger partial charge in [0.05, 0.1) is 4.34 Å². The van der Waals surface area contributed by atoms with Crippen LogP contribution in [0.1, 0.15) is 42.7 Å². The van der Waals surface area contributed by atoms with Gasteiger partial charge in [0.1, 0.15) is 0 Å². The second-order valence-corrected chi connectivity index (χ2v) is 7.01. The Kier molecular flexibility index (Phi) is 2.99. The van der Waals surface area contributed by atoms with E-state index in [4.69, 9.17) is 11.6 Å². The van der Waals surface area contributed by atoms with E-state index >= 15 is 0 Å². The van der Waals surface area contributed by atoms with E-state index in [0.29, 0.717) is 6.04 Å². The highest BCUT2D eigenvalue weighted by atomic mass is 35.5. The van der Waals surface area contributed by atoms with E-state index in [-0.39, 0.29) is 0 Å². The lowest BCUT2D eigenvalue weighted by atomic mass is 10.1. The summed E-state index contributed by atoms with van der Waals surface area (Å²) in [5.41, 5.74) is 1.47. The van der Waals surface area contributed by atoms with Gasteiger partial charge in [-0.25, -0.2) is 0 Å². The molecule has 0 saturated heterocycles. The highest BCUT2D eigenvalue weighted by Gasteiger charge is 2.30. The third-order valence-electron chi connectivity index (χ3n) is 3.96. The molecule has 1 N–H and O–H groups in total. The van der Waals surface area contributed by atoms with Crippen molar-refractivity contribution in [3.63, 3.8) is 0 Å². The molecule has 0 bridgehead atoms. The molecule has 3 heteroatoms. The van der Waals surface area contributed by atoms with Gasteiger partial charge in [0.2, 0.25) is 0 Å². The minimum atomic E-state index is 0.569. The van der Waals surface area contributed by atoms with E-state index < -0.39 is 0 Å². The summed E-state index contributed by atoms with van der Waals surface area (Å²) in [6.07, 6.45) is 5.37. The Bertz CT molecular complexity index is 383. The summed E-state index contributed by atoms with van der Waals surface area (Å²) >= 11 is 7.82. The van der Waals surface area contributed by atoms with Crippen LogP contribution in [0.3, 0.4) is 0 Å². The summed E-state index contributed by atoms with van der Waals surface area (Å²) in [5.74, 6) is 1.84. The lowest BCUT2D eigenvalue weighted by Crippen LogP contribution is -2.25. The van der Waals surface area contributed by atoms with Gasteiger partial charge >= 0.3 is 0 Å². The summed E-state index contributed by atoms with van der Waals surface area (Å²) in [5, 5.41) is 3.72. The van der Waals surface area contributed by atoms with Crippen molar-refractivity contribution < 1.29 is 0 Å². The average Bonchev–Trinajstić information content (AvgIpc) is 2.95. The molecular formula is C13H18ClNS. The zero-order chi connectivity index (χ0) is 11.1. The Morgan fingerprint density at radius 3 is 3.06 bits per heavy atom. The number of fused-ring (bicyclic) bond motifs is 1. The van der Waals surface area contributed by atoms with Crippen molar-refractivity contribution in [2.75, 3.05) is 6.54 Å². The van der Waals surface area contributed by atoms with Crippen LogP contribution in [0.15, 0.2) is 6.07 Å². The summed E-state index contributed by atoms with van der Waals surface area (Å²) in [6, 6.07) is 2.73. The van der Waals surface area contributed by atoms with Gasteiger partial charge in [0.15, 0.2) is 0 Å². The maximum absolute atomic E-state index is 6.06. The number of hydrogen-bond donors (Lipinski definition) is 1. The first-order valence-electron chi connectivity index (χ1n) is 6.25. The molecule has 1 saturated carbocycles. The van der Waals surface area contributed by atoms with Crippen molar-refractivity contribution in [3.05, 3.63) is 20.8 Å². The van der Waals surface area contributed by atoms with E-state index in [9.17, 15) is 0 Å². The van der Waals surface area contributed by atoms with Crippen LogP contribution in [-0.4, -0.2) is 6.54 Å². The van der Waals surface area contributed by atoms with Gasteiger partial charge in [-0.3, -0.25) is 0 Å². The fourth-order valence-electron chi connectivity index (χ4n) is 2.70. The van der Waals surface area contributed by atoms with Crippen LogP contribution < -0.4 is 5.32 Å². The molecule has 0 radical (unpaired) electrons. The Labute approximate surface area is 106 Å². The molecule has 2 aliphatic rings. The van der Waals surface area contributed by atoms with E-state index in [0.717, 1.165) is 16.2 Å². The van der Waals surface area contributed by atoms with Crippen molar-refractivity contribution in [2.24, 2.45) is 11.8 Å². The summed E-state index contributed by atoms with van der Waals surface area (Å²) in [4.78, 5) is 1.50. The molecule has 0 amide bonds. The number of halogens is 1. The molecule has 3 rings (SSSR count). The predicted octanol–water partition coefficient (Wildman–Crippen LogP) is 4.02. The smallest absolute Gasteiger partial charge is 0.0934 e. The molecule has 0 spiro atoms.